The fraction of sp³-hybridized carbons (Fsp3) is 0.364. The molecule has 27 heavy (non-hydrogen) atoms. The molecule has 1 amide bonds. The Morgan fingerprint density at radius 2 is 1.56 bits per heavy atom. The van der Waals surface area contributed by atoms with Crippen LogP contribution in [-0.4, -0.2) is 12.5 Å². The second-order valence-electron chi connectivity index (χ2n) is 6.74. The summed E-state index contributed by atoms with van der Waals surface area (Å²) in [6.07, 6.45) is 4.21. The van der Waals surface area contributed by atoms with Gasteiger partial charge in [0.25, 0.3) is 0 Å². The summed E-state index contributed by atoms with van der Waals surface area (Å²) in [6, 6.07) is 16.8. The Kier molecular flexibility index (Phi) is 5.97. The molecule has 5 nitrogen and oxygen atoms in total. The molecule has 140 valence electrons. The molecule has 0 bridgehead atoms. The number of nitrogens with zero attached hydrogens (tertiary/aromatic N) is 1. The van der Waals surface area contributed by atoms with Gasteiger partial charge in [-0.2, -0.15) is 5.26 Å². The van der Waals surface area contributed by atoms with E-state index in [1.54, 1.807) is 24.3 Å². The van der Waals surface area contributed by atoms with Crippen molar-refractivity contribution in [1.29, 1.82) is 5.26 Å². The number of rotatable bonds is 6. The quantitative estimate of drug-likeness (QED) is 0.756. The van der Waals surface area contributed by atoms with Crippen LogP contribution in [0.1, 0.15) is 39.0 Å². The summed E-state index contributed by atoms with van der Waals surface area (Å²) in [5, 5.41) is 12.4. The van der Waals surface area contributed by atoms with Crippen LogP contribution in [0, 0.1) is 16.7 Å². The Labute approximate surface area is 159 Å². The molecule has 0 unspecified atom stereocenters. The molecule has 0 spiro atoms. The molecule has 0 aliphatic heterocycles. The van der Waals surface area contributed by atoms with Crippen LogP contribution in [0.2, 0.25) is 0 Å². The van der Waals surface area contributed by atoms with Crippen molar-refractivity contribution in [1.82, 2.24) is 0 Å². The first-order valence-corrected chi connectivity index (χ1v) is 9.39. The molecule has 1 saturated carbocycles. The number of benzene rings is 2. The van der Waals surface area contributed by atoms with Crippen molar-refractivity contribution in [2.45, 2.75) is 39.0 Å². The zero-order valence-electron chi connectivity index (χ0n) is 15.5. The number of nitrogens with one attached hydrogen (secondary N) is 1. The number of hydrogen-bond acceptors (Lipinski definition) is 4. The lowest BCUT2D eigenvalue weighted by Crippen LogP contribution is -2.36. The van der Waals surface area contributed by atoms with Crippen molar-refractivity contribution < 1.29 is 14.3 Å². The molecule has 1 aliphatic rings. The minimum atomic E-state index is -0.893. The van der Waals surface area contributed by atoms with E-state index in [1.807, 2.05) is 31.2 Å². The van der Waals surface area contributed by atoms with E-state index in [4.69, 9.17) is 9.47 Å². The number of anilines is 1. The zero-order valence-corrected chi connectivity index (χ0v) is 15.5. The monoisotopic (exact) mass is 364 g/mol. The van der Waals surface area contributed by atoms with Crippen LogP contribution in [0.4, 0.5) is 5.69 Å². The highest BCUT2D eigenvalue weighted by atomic mass is 16.5. The van der Waals surface area contributed by atoms with E-state index in [-0.39, 0.29) is 5.91 Å². The van der Waals surface area contributed by atoms with Crippen molar-refractivity contribution in [3.63, 3.8) is 0 Å². The SMILES string of the molecule is CCOc1ccc(Oc2ccc(NC(=O)C3(C#N)CCCCC3)cc2)cc1. The van der Waals surface area contributed by atoms with Crippen LogP contribution >= 0.6 is 0 Å². The Morgan fingerprint density at radius 3 is 2.11 bits per heavy atom. The van der Waals surface area contributed by atoms with Crippen LogP contribution in [0.5, 0.6) is 17.2 Å². The molecular weight excluding hydrogens is 340 g/mol. The predicted octanol–water partition coefficient (Wildman–Crippen LogP) is 5.29. The minimum Gasteiger partial charge on any atom is -0.494 e. The number of nitriles is 1. The lowest BCUT2D eigenvalue weighted by molar-refractivity contribution is -0.124. The molecule has 2 aromatic rings. The second kappa shape index (κ2) is 8.59. The fourth-order valence-electron chi connectivity index (χ4n) is 3.31. The summed E-state index contributed by atoms with van der Waals surface area (Å²) in [5.41, 5.74) is -0.227. The summed E-state index contributed by atoms with van der Waals surface area (Å²) in [6.45, 7) is 2.57. The summed E-state index contributed by atoms with van der Waals surface area (Å²) in [4.78, 5) is 12.6. The molecule has 3 rings (SSSR count). The molecule has 1 aliphatic carbocycles. The molecule has 1 N–H and O–H groups in total. The third kappa shape index (κ3) is 4.59. The molecule has 0 heterocycles. The topological polar surface area (TPSA) is 71.3 Å². The third-order valence-electron chi connectivity index (χ3n) is 4.84. The van der Waals surface area contributed by atoms with Gasteiger partial charge in [0, 0.05) is 5.69 Å². The first-order chi connectivity index (χ1) is 13.1. The average Bonchev–Trinajstić information content (AvgIpc) is 2.71. The summed E-state index contributed by atoms with van der Waals surface area (Å²) < 4.78 is 11.2. The maximum Gasteiger partial charge on any atom is 0.244 e. The smallest absolute Gasteiger partial charge is 0.244 e. The molecule has 0 atom stereocenters. The van der Waals surface area contributed by atoms with Gasteiger partial charge < -0.3 is 14.8 Å². The van der Waals surface area contributed by atoms with E-state index in [2.05, 4.69) is 11.4 Å². The fourth-order valence-corrected chi connectivity index (χ4v) is 3.31. The van der Waals surface area contributed by atoms with Gasteiger partial charge in [-0.15, -0.1) is 0 Å². The van der Waals surface area contributed by atoms with Gasteiger partial charge in [-0.25, -0.2) is 0 Å². The van der Waals surface area contributed by atoms with Gasteiger partial charge >= 0.3 is 0 Å². The lowest BCUT2D eigenvalue weighted by atomic mass is 9.74. The number of carbonyl (C=O) groups is 1. The van der Waals surface area contributed by atoms with Crippen molar-refractivity contribution in [2.75, 3.05) is 11.9 Å². The molecule has 0 aromatic heterocycles. The van der Waals surface area contributed by atoms with Gasteiger partial charge in [0.2, 0.25) is 5.91 Å². The summed E-state index contributed by atoms with van der Waals surface area (Å²) in [7, 11) is 0. The van der Waals surface area contributed by atoms with Gasteiger partial charge in [-0.3, -0.25) is 4.79 Å². The lowest BCUT2D eigenvalue weighted by Gasteiger charge is -2.29. The summed E-state index contributed by atoms with van der Waals surface area (Å²) in [5.74, 6) is 1.98. The largest absolute Gasteiger partial charge is 0.494 e. The van der Waals surface area contributed by atoms with Crippen molar-refractivity contribution >= 4 is 11.6 Å². The standard InChI is InChI=1S/C22H24N2O3/c1-2-26-18-10-12-20(13-11-18)27-19-8-6-17(7-9-19)24-21(25)22(16-23)14-4-3-5-15-22/h6-13H,2-5,14-15H2,1H3,(H,24,25). The Hall–Kier alpha value is -3.00. The first-order valence-electron chi connectivity index (χ1n) is 9.39. The maximum absolute atomic E-state index is 12.6. The highest BCUT2D eigenvalue weighted by Crippen LogP contribution is 2.37. The van der Waals surface area contributed by atoms with Gasteiger partial charge in [0.15, 0.2) is 0 Å². The number of amides is 1. The molecule has 0 saturated heterocycles. The molecule has 0 radical (unpaired) electrons. The average molecular weight is 364 g/mol. The van der Waals surface area contributed by atoms with Gasteiger partial charge in [0.05, 0.1) is 12.7 Å². The van der Waals surface area contributed by atoms with Crippen molar-refractivity contribution in [3.05, 3.63) is 48.5 Å². The van der Waals surface area contributed by atoms with E-state index in [9.17, 15) is 10.1 Å². The van der Waals surface area contributed by atoms with Crippen LogP contribution in [0.3, 0.4) is 0 Å². The third-order valence-corrected chi connectivity index (χ3v) is 4.84. The van der Waals surface area contributed by atoms with Crippen LogP contribution in [0.15, 0.2) is 48.5 Å². The summed E-state index contributed by atoms with van der Waals surface area (Å²) >= 11 is 0. The molecule has 5 heteroatoms. The highest BCUT2D eigenvalue weighted by Gasteiger charge is 2.39. The van der Waals surface area contributed by atoms with E-state index in [0.717, 1.165) is 25.0 Å². The minimum absolute atomic E-state index is 0.204. The van der Waals surface area contributed by atoms with Crippen LogP contribution in [0.25, 0.3) is 0 Å². The maximum atomic E-state index is 12.6. The van der Waals surface area contributed by atoms with Gasteiger partial charge in [-0.05, 0) is 68.3 Å². The Morgan fingerprint density at radius 1 is 1.00 bits per heavy atom. The van der Waals surface area contributed by atoms with E-state index < -0.39 is 5.41 Å². The Balaban J connectivity index is 1.61. The normalized spacial score (nSPS) is 15.4. The number of ether oxygens (including phenoxy) is 2. The second-order valence-corrected chi connectivity index (χ2v) is 6.74. The molecule has 1 fully saturated rings. The molecular formula is C22H24N2O3. The van der Waals surface area contributed by atoms with Crippen LogP contribution in [-0.2, 0) is 4.79 Å². The molecule has 2 aromatic carbocycles. The zero-order chi connectivity index (χ0) is 19.1. The van der Waals surface area contributed by atoms with Crippen LogP contribution < -0.4 is 14.8 Å². The van der Waals surface area contributed by atoms with Gasteiger partial charge in [-0.1, -0.05) is 19.3 Å². The van der Waals surface area contributed by atoms with E-state index in [0.29, 0.717) is 36.6 Å². The number of carbonyl (C=O) groups excluding carboxylic acids is 1. The van der Waals surface area contributed by atoms with Crippen molar-refractivity contribution in [3.8, 4) is 23.3 Å². The predicted molar refractivity (Wildman–Crippen MR) is 104 cm³/mol. The number of hydrogen-bond donors (Lipinski definition) is 1. The van der Waals surface area contributed by atoms with Crippen molar-refractivity contribution in [2.24, 2.45) is 5.41 Å². The van der Waals surface area contributed by atoms with E-state index >= 15 is 0 Å². The van der Waals surface area contributed by atoms with E-state index in [1.165, 1.54) is 0 Å². The first kappa shape index (κ1) is 18.8. The Bertz CT molecular complexity index is 801. The highest BCUT2D eigenvalue weighted by molar-refractivity contribution is 5.97. The van der Waals surface area contributed by atoms with Gasteiger partial charge in [0.1, 0.15) is 22.7 Å².